The van der Waals surface area contributed by atoms with E-state index < -0.39 is 0 Å². The first-order chi connectivity index (χ1) is 10.7. The van der Waals surface area contributed by atoms with Crippen LogP contribution in [0.5, 0.6) is 5.75 Å². The number of carbonyl (C=O) groups excluding carboxylic acids is 1. The smallest absolute Gasteiger partial charge is 0.269 e. The molecule has 1 heterocycles. The van der Waals surface area contributed by atoms with E-state index in [1.807, 2.05) is 48.5 Å². The summed E-state index contributed by atoms with van der Waals surface area (Å²) in [4.78, 5) is 15.4. The molecule has 0 fully saturated rings. The first kappa shape index (κ1) is 14.5. The number of hydrogen-bond acceptors (Lipinski definition) is 2. The highest BCUT2D eigenvalue weighted by atomic mass is 35.5. The third-order valence-corrected chi connectivity index (χ3v) is 3.85. The minimum atomic E-state index is -0.232. The van der Waals surface area contributed by atoms with Gasteiger partial charge in [-0.05, 0) is 23.8 Å². The molecule has 0 saturated carbocycles. The summed E-state index contributed by atoms with van der Waals surface area (Å²) in [7, 11) is 1.61. The zero-order valence-electron chi connectivity index (χ0n) is 12.0. The molecule has 112 valence electrons. The molecule has 0 bridgehead atoms. The molecule has 5 heteroatoms. The number of aromatic nitrogens is 1. The number of aromatic amines is 1. The molecule has 0 atom stereocenters. The van der Waals surface area contributed by atoms with E-state index in [-0.39, 0.29) is 5.91 Å². The summed E-state index contributed by atoms with van der Waals surface area (Å²) in [5, 5.41) is 4.14. The predicted molar refractivity (Wildman–Crippen MR) is 87.5 cm³/mol. The molecule has 1 aromatic heterocycles. The van der Waals surface area contributed by atoms with Gasteiger partial charge in [-0.3, -0.25) is 4.79 Å². The third kappa shape index (κ3) is 2.78. The number of fused-ring (bicyclic) bond motifs is 1. The second-order valence-electron chi connectivity index (χ2n) is 4.89. The molecular weight excluding hydrogens is 300 g/mol. The monoisotopic (exact) mass is 314 g/mol. The zero-order valence-corrected chi connectivity index (χ0v) is 12.8. The fourth-order valence-corrected chi connectivity index (χ4v) is 2.62. The molecule has 3 rings (SSSR count). The van der Waals surface area contributed by atoms with Gasteiger partial charge in [0.1, 0.15) is 11.4 Å². The molecule has 2 N–H and O–H groups in total. The van der Waals surface area contributed by atoms with Gasteiger partial charge in [0.2, 0.25) is 0 Å². The van der Waals surface area contributed by atoms with Crippen molar-refractivity contribution in [3.63, 3.8) is 0 Å². The van der Waals surface area contributed by atoms with Gasteiger partial charge in [0.05, 0.1) is 12.1 Å². The van der Waals surface area contributed by atoms with E-state index in [2.05, 4.69) is 10.3 Å². The van der Waals surface area contributed by atoms with Crippen LogP contribution in [0, 0.1) is 0 Å². The fraction of sp³-hybridized carbons (Fsp3) is 0.118. The van der Waals surface area contributed by atoms with E-state index in [0.29, 0.717) is 17.3 Å². The lowest BCUT2D eigenvalue weighted by molar-refractivity contribution is 0.0947. The molecule has 0 aliphatic rings. The quantitative estimate of drug-likeness (QED) is 0.770. The lowest BCUT2D eigenvalue weighted by Gasteiger charge is -2.06. The highest BCUT2D eigenvalue weighted by Crippen LogP contribution is 2.27. The maximum absolute atomic E-state index is 12.3. The van der Waals surface area contributed by atoms with Crippen LogP contribution in [-0.4, -0.2) is 18.0 Å². The number of halogens is 1. The Bertz CT molecular complexity index is 826. The van der Waals surface area contributed by atoms with E-state index in [1.165, 1.54) is 0 Å². The third-order valence-electron chi connectivity index (χ3n) is 3.46. The number of nitrogens with one attached hydrogen (secondary N) is 2. The predicted octanol–water partition coefficient (Wildman–Crippen LogP) is 3.76. The Balaban J connectivity index is 1.77. The maximum Gasteiger partial charge on any atom is 0.269 e. The van der Waals surface area contributed by atoms with E-state index in [0.717, 1.165) is 22.2 Å². The van der Waals surface area contributed by atoms with E-state index in [4.69, 9.17) is 16.3 Å². The molecule has 0 saturated heterocycles. The summed E-state index contributed by atoms with van der Waals surface area (Å²) in [6.07, 6.45) is 0. The van der Waals surface area contributed by atoms with Crippen LogP contribution in [0.2, 0.25) is 5.02 Å². The topological polar surface area (TPSA) is 54.1 Å². The number of carbonyl (C=O) groups is 1. The normalized spacial score (nSPS) is 10.6. The Morgan fingerprint density at radius 2 is 2.05 bits per heavy atom. The Kier molecular flexibility index (Phi) is 4.02. The van der Waals surface area contributed by atoms with Crippen LogP contribution in [0.4, 0.5) is 0 Å². The van der Waals surface area contributed by atoms with Crippen LogP contribution >= 0.6 is 11.6 Å². The SMILES string of the molecule is COc1cccc(CNC(=O)c2[nH]c3ccccc3c2Cl)c1. The van der Waals surface area contributed by atoms with Gasteiger partial charge in [0.25, 0.3) is 5.91 Å². The number of benzene rings is 2. The van der Waals surface area contributed by atoms with Crippen molar-refractivity contribution in [2.24, 2.45) is 0 Å². The Morgan fingerprint density at radius 1 is 1.23 bits per heavy atom. The Hall–Kier alpha value is -2.46. The van der Waals surface area contributed by atoms with Gasteiger partial charge in [0.15, 0.2) is 0 Å². The zero-order chi connectivity index (χ0) is 15.5. The largest absolute Gasteiger partial charge is 0.497 e. The van der Waals surface area contributed by atoms with Crippen molar-refractivity contribution < 1.29 is 9.53 Å². The fourth-order valence-electron chi connectivity index (χ4n) is 2.32. The minimum absolute atomic E-state index is 0.232. The number of rotatable bonds is 4. The second kappa shape index (κ2) is 6.12. The summed E-state index contributed by atoms with van der Waals surface area (Å²) >= 11 is 6.27. The van der Waals surface area contributed by atoms with Gasteiger partial charge < -0.3 is 15.0 Å². The van der Waals surface area contributed by atoms with Crippen molar-refractivity contribution in [1.29, 1.82) is 0 Å². The van der Waals surface area contributed by atoms with Crippen molar-refractivity contribution in [2.45, 2.75) is 6.54 Å². The summed E-state index contributed by atoms with van der Waals surface area (Å²) in [6, 6.07) is 15.1. The lowest BCUT2D eigenvalue weighted by atomic mass is 10.2. The lowest BCUT2D eigenvalue weighted by Crippen LogP contribution is -2.23. The summed E-state index contributed by atoms with van der Waals surface area (Å²) in [5.74, 6) is 0.527. The van der Waals surface area contributed by atoms with E-state index in [9.17, 15) is 4.79 Å². The Labute approximate surface area is 133 Å². The van der Waals surface area contributed by atoms with Gasteiger partial charge in [-0.2, -0.15) is 0 Å². The van der Waals surface area contributed by atoms with Crippen LogP contribution in [0.15, 0.2) is 48.5 Å². The highest BCUT2D eigenvalue weighted by molar-refractivity contribution is 6.38. The number of H-pyrrole nitrogens is 1. The number of amides is 1. The number of hydrogen-bond donors (Lipinski definition) is 2. The van der Waals surface area contributed by atoms with Gasteiger partial charge in [-0.1, -0.05) is 41.9 Å². The minimum Gasteiger partial charge on any atom is -0.497 e. The maximum atomic E-state index is 12.3. The van der Waals surface area contributed by atoms with Gasteiger partial charge in [0, 0.05) is 17.4 Å². The molecule has 0 unspecified atom stereocenters. The van der Waals surface area contributed by atoms with Gasteiger partial charge in [-0.15, -0.1) is 0 Å². The Morgan fingerprint density at radius 3 is 2.82 bits per heavy atom. The van der Waals surface area contributed by atoms with Crippen LogP contribution < -0.4 is 10.1 Å². The van der Waals surface area contributed by atoms with Crippen molar-refractivity contribution in [3.05, 3.63) is 64.8 Å². The molecule has 0 aliphatic carbocycles. The highest BCUT2D eigenvalue weighted by Gasteiger charge is 2.15. The summed E-state index contributed by atoms with van der Waals surface area (Å²) in [6.45, 7) is 0.404. The van der Waals surface area contributed by atoms with Crippen LogP contribution in [0.3, 0.4) is 0 Å². The molecule has 0 radical (unpaired) electrons. The first-order valence-corrected chi connectivity index (χ1v) is 7.24. The molecule has 1 amide bonds. The number of ether oxygens (including phenoxy) is 1. The van der Waals surface area contributed by atoms with Crippen molar-refractivity contribution in [2.75, 3.05) is 7.11 Å². The second-order valence-corrected chi connectivity index (χ2v) is 5.27. The number of para-hydroxylation sites is 1. The van der Waals surface area contributed by atoms with Gasteiger partial charge >= 0.3 is 0 Å². The molecule has 2 aromatic carbocycles. The molecule has 22 heavy (non-hydrogen) atoms. The van der Waals surface area contributed by atoms with Crippen molar-refractivity contribution in [3.8, 4) is 5.75 Å². The van der Waals surface area contributed by atoms with Crippen molar-refractivity contribution >= 4 is 28.4 Å². The van der Waals surface area contributed by atoms with Crippen LogP contribution in [0.1, 0.15) is 16.1 Å². The van der Waals surface area contributed by atoms with E-state index in [1.54, 1.807) is 7.11 Å². The van der Waals surface area contributed by atoms with Crippen LogP contribution in [-0.2, 0) is 6.54 Å². The molecule has 0 spiro atoms. The van der Waals surface area contributed by atoms with Crippen molar-refractivity contribution in [1.82, 2.24) is 10.3 Å². The van der Waals surface area contributed by atoms with E-state index >= 15 is 0 Å². The average molecular weight is 315 g/mol. The van der Waals surface area contributed by atoms with Crippen LogP contribution in [0.25, 0.3) is 10.9 Å². The molecule has 3 aromatic rings. The first-order valence-electron chi connectivity index (χ1n) is 6.86. The molecule has 4 nitrogen and oxygen atoms in total. The average Bonchev–Trinajstić information content (AvgIpc) is 2.90. The summed E-state index contributed by atoms with van der Waals surface area (Å²) in [5.41, 5.74) is 2.18. The molecule has 0 aliphatic heterocycles. The molecular formula is C17H15ClN2O2. The standard InChI is InChI=1S/C17H15ClN2O2/c1-22-12-6-4-5-11(9-12)10-19-17(21)16-15(18)13-7-2-3-8-14(13)20-16/h2-9,20H,10H2,1H3,(H,19,21). The summed E-state index contributed by atoms with van der Waals surface area (Å²) < 4.78 is 5.17. The van der Waals surface area contributed by atoms with Gasteiger partial charge in [-0.25, -0.2) is 0 Å². The number of methoxy groups -OCH3 is 1.